The molecule has 0 aliphatic carbocycles. The lowest BCUT2D eigenvalue weighted by molar-refractivity contribution is -0.145. The minimum Gasteiger partial charge on any atom is -0.504 e. The highest BCUT2D eigenvalue weighted by molar-refractivity contribution is 5.84. The number of halogens is 1. The van der Waals surface area contributed by atoms with Crippen LogP contribution in [0.4, 0.5) is 4.39 Å². The largest absolute Gasteiger partial charge is 0.504 e. The fraction of sp³-hybridized carbons (Fsp3) is 0.400. The summed E-state index contributed by atoms with van der Waals surface area (Å²) in [5.41, 5.74) is 2.53. The van der Waals surface area contributed by atoms with Gasteiger partial charge in [0.2, 0.25) is 0 Å². The molecule has 2 aromatic carbocycles. The number of aliphatic hydroxyl groups excluding tert-OH is 2. The summed E-state index contributed by atoms with van der Waals surface area (Å²) in [4.78, 5) is 11.5. The van der Waals surface area contributed by atoms with Crippen molar-refractivity contribution >= 4 is 12.0 Å². The van der Waals surface area contributed by atoms with E-state index in [4.69, 9.17) is 9.47 Å². The second-order valence-corrected chi connectivity index (χ2v) is 7.79. The van der Waals surface area contributed by atoms with Crippen molar-refractivity contribution in [2.45, 2.75) is 51.7 Å². The van der Waals surface area contributed by atoms with Crippen molar-refractivity contribution in [1.29, 1.82) is 0 Å². The van der Waals surface area contributed by atoms with E-state index in [1.807, 2.05) is 13.8 Å². The molecule has 0 saturated carbocycles. The van der Waals surface area contributed by atoms with Crippen LogP contribution in [0.5, 0.6) is 11.5 Å². The van der Waals surface area contributed by atoms with E-state index in [0.717, 1.165) is 5.56 Å². The first-order valence-corrected chi connectivity index (χ1v) is 10.6. The van der Waals surface area contributed by atoms with Gasteiger partial charge in [0.1, 0.15) is 5.82 Å². The molecule has 0 aromatic heterocycles. The fourth-order valence-corrected chi connectivity index (χ4v) is 3.46. The molecule has 0 amide bonds. The Kier molecular flexibility index (Phi) is 9.23. The average Bonchev–Trinajstić information content (AvgIpc) is 2.72. The molecule has 0 fully saturated rings. The number of ether oxygens (including phenoxy) is 2. The van der Waals surface area contributed by atoms with E-state index in [1.165, 1.54) is 25.3 Å². The van der Waals surface area contributed by atoms with Crippen LogP contribution in [0.25, 0.3) is 17.2 Å². The lowest BCUT2D eigenvalue weighted by Crippen LogP contribution is -2.20. The standard InChI is InChI=1S/C25H31FO6/c1-5-32-23(29)13-19(28)12-18(27)10-11-20-21(15(2)3)14-22(31-4)25(30)24(20)16-6-8-17(26)9-7-16/h6-11,14-15,18-19,27-28,30H,5,12-13H2,1-4H3/b11-10+. The summed E-state index contributed by atoms with van der Waals surface area (Å²) >= 11 is 0. The summed E-state index contributed by atoms with van der Waals surface area (Å²) in [7, 11) is 1.46. The molecule has 6 nitrogen and oxygen atoms in total. The van der Waals surface area contributed by atoms with Crippen LogP contribution in [-0.4, -0.2) is 47.2 Å². The summed E-state index contributed by atoms with van der Waals surface area (Å²) < 4.78 is 23.6. The van der Waals surface area contributed by atoms with Crippen LogP contribution in [-0.2, 0) is 9.53 Å². The molecular formula is C25H31FO6. The Morgan fingerprint density at radius 1 is 1.19 bits per heavy atom. The molecule has 2 rings (SSSR count). The van der Waals surface area contributed by atoms with Gasteiger partial charge in [0.15, 0.2) is 11.5 Å². The number of methoxy groups -OCH3 is 1. The molecule has 7 heteroatoms. The number of phenols is 1. The Hall–Kier alpha value is -2.90. The van der Waals surface area contributed by atoms with Crippen LogP contribution in [0.15, 0.2) is 36.4 Å². The molecule has 2 unspecified atom stereocenters. The average molecular weight is 447 g/mol. The second-order valence-electron chi connectivity index (χ2n) is 7.79. The van der Waals surface area contributed by atoms with Gasteiger partial charge in [-0.2, -0.15) is 0 Å². The van der Waals surface area contributed by atoms with Gasteiger partial charge in [-0.1, -0.05) is 38.1 Å². The van der Waals surface area contributed by atoms with E-state index in [9.17, 15) is 24.5 Å². The molecule has 2 atom stereocenters. The molecule has 0 aliphatic heterocycles. The Morgan fingerprint density at radius 2 is 1.84 bits per heavy atom. The van der Waals surface area contributed by atoms with Crippen LogP contribution in [0, 0.1) is 5.82 Å². The second kappa shape index (κ2) is 11.6. The smallest absolute Gasteiger partial charge is 0.308 e. The third-order valence-corrected chi connectivity index (χ3v) is 5.02. The number of benzene rings is 2. The number of hydrogen-bond donors (Lipinski definition) is 3. The van der Waals surface area contributed by atoms with E-state index < -0.39 is 24.0 Å². The van der Waals surface area contributed by atoms with Gasteiger partial charge < -0.3 is 24.8 Å². The fourth-order valence-electron chi connectivity index (χ4n) is 3.46. The molecule has 0 bridgehead atoms. The maximum Gasteiger partial charge on any atom is 0.308 e. The van der Waals surface area contributed by atoms with Gasteiger partial charge in [0, 0.05) is 12.0 Å². The molecule has 0 radical (unpaired) electrons. The van der Waals surface area contributed by atoms with Crippen molar-refractivity contribution in [2.24, 2.45) is 0 Å². The zero-order valence-electron chi connectivity index (χ0n) is 18.8. The maximum atomic E-state index is 13.5. The zero-order chi connectivity index (χ0) is 23.8. The molecule has 32 heavy (non-hydrogen) atoms. The van der Waals surface area contributed by atoms with Crippen molar-refractivity contribution in [3.8, 4) is 22.6 Å². The predicted octanol–water partition coefficient (Wildman–Crippen LogP) is 4.41. The zero-order valence-corrected chi connectivity index (χ0v) is 18.8. The number of aliphatic hydroxyl groups is 2. The quantitative estimate of drug-likeness (QED) is 0.468. The van der Waals surface area contributed by atoms with Crippen molar-refractivity contribution in [3.05, 3.63) is 53.4 Å². The van der Waals surface area contributed by atoms with Crippen LogP contribution in [0.3, 0.4) is 0 Å². The van der Waals surface area contributed by atoms with Crippen molar-refractivity contribution in [3.63, 3.8) is 0 Å². The summed E-state index contributed by atoms with van der Waals surface area (Å²) in [5.74, 6) is -0.689. The molecular weight excluding hydrogens is 415 g/mol. The first kappa shape index (κ1) is 25.4. The molecule has 0 spiro atoms. The maximum absolute atomic E-state index is 13.5. The Morgan fingerprint density at radius 3 is 2.41 bits per heavy atom. The first-order chi connectivity index (χ1) is 15.2. The number of rotatable bonds is 10. The van der Waals surface area contributed by atoms with Crippen LogP contribution in [0.2, 0.25) is 0 Å². The number of hydrogen-bond acceptors (Lipinski definition) is 6. The molecule has 0 heterocycles. The van der Waals surface area contributed by atoms with Crippen molar-refractivity contribution in [2.75, 3.05) is 13.7 Å². The summed E-state index contributed by atoms with van der Waals surface area (Å²) in [6.07, 6.45) is 0.799. The Bertz CT molecular complexity index is 936. The van der Waals surface area contributed by atoms with E-state index in [-0.39, 0.29) is 36.9 Å². The Balaban J connectivity index is 2.43. The Labute approximate surface area is 187 Å². The number of aromatic hydroxyl groups is 1. The summed E-state index contributed by atoms with van der Waals surface area (Å²) in [6.45, 7) is 5.87. The SMILES string of the molecule is CCOC(=O)CC(O)CC(O)/C=C/c1c(C(C)C)cc(OC)c(O)c1-c1ccc(F)cc1. The molecule has 2 aromatic rings. The van der Waals surface area contributed by atoms with Crippen LogP contribution >= 0.6 is 0 Å². The molecule has 3 N–H and O–H groups in total. The predicted molar refractivity (Wildman–Crippen MR) is 121 cm³/mol. The van der Waals surface area contributed by atoms with Crippen molar-refractivity contribution in [1.82, 2.24) is 0 Å². The summed E-state index contributed by atoms with van der Waals surface area (Å²) in [5, 5.41) is 31.3. The molecule has 174 valence electrons. The van der Waals surface area contributed by atoms with E-state index in [0.29, 0.717) is 16.7 Å². The number of phenolic OH excluding ortho intramolecular Hbond substituents is 1. The van der Waals surface area contributed by atoms with Gasteiger partial charge in [-0.05, 0) is 47.7 Å². The molecule has 0 saturated heterocycles. The normalized spacial score (nSPS) is 13.4. The van der Waals surface area contributed by atoms with Crippen LogP contribution < -0.4 is 4.74 Å². The van der Waals surface area contributed by atoms with E-state index >= 15 is 0 Å². The van der Waals surface area contributed by atoms with Gasteiger partial charge in [-0.25, -0.2) is 4.39 Å². The number of carbonyl (C=O) groups excluding carboxylic acids is 1. The van der Waals surface area contributed by atoms with Crippen LogP contribution in [0.1, 0.15) is 50.7 Å². The number of carbonyl (C=O) groups is 1. The van der Waals surface area contributed by atoms with Crippen molar-refractivity contribution < 1.29 is 34.0 Å². The third-order valence-electron chi connectivity index (χ3n) is 5.02. The summed E-state index contributed by atoms with van der Waals surface area (Å²) in [6, 6.07) is 7.46. The lowest BCUT2D eigenvalue weighted by atomic mass is 9.88. The first-order valence-electron chi connectivity index (χ1n) is 10.6. The van der Waals surface area contributed by atoms with E-state index in [2.05, 4.69) is 0 Å². The van der Waals surface area contributed by atoms with Gasteiger partial charge in [0.05, 0.1) is 32.3 Å². The third kappa shape index (κ3) is 6.55. The van der Waals surface area contributed by atoms with Gasteiger partial charge in [-0.15, -0.1) is 0 Å². The highest BCUT2D eigenvalue weighted by Crippen LogP contribution is 2.44. The lowest BCUT2D eigenvalue weighted by Gasteiger charge is -2.20. The molecule has 0 aliphatic rings. The van der Waals surface area contributed by atoms with Gasteiger partial charge >= 0.3 is 5.97 Å². The minimum absolute atomic E-state index is 0.0508. The monoisotopic (exact) mass is 446 g/mol. The topological polar surface area (TPSA) is 96.2 Å². The number of esters is 1. The minimum atomic E-state index is -1.06. The highest BCUT2D eigenvalue weighted by atomic mass is 19.1. The highest BCUT2D eigenvalue weighted by Gasteiger charge is 2.21. The van der Waals surface area contributed by atoms with Gasteiger partial charge in [-0.3, -0.25) is 4.79 Å². The van der Waals surface area contributed by atoms with Gasteiger partial charge in [0.25, 0.3) is 0 Å². The van der Waals surface area contributed by atoms with E-state index in [1.54, 1.807) is 31.2 Å².